The summed E-state index contributed by atoms with van der Waals surface area (Å²) in [5.74, 6) is 0.0669. The van der Waals surface area contributed by atoms with E-state index in [1.54, 1.807) is 17.9 Å². The lowest BCUT2D eigenvalue weighted by molar-refractivity contribution is -0.116. The number of ketones is 1. The number of carbonyl (C=O) groups excluding carboxylic acids is 2. The molecule has 0 N–H and O–H groups in total. The highest BCUT2D eigenvalue weighted by molar-refractivity contribution is 8.00. The second kappa shape index (κ2) is 8.00. The summed E-state index contributed by atoms with van der Waals surface area (Å²) in [5, 5.41) is 12.4. The third-order valence-electron chi connectivity index (χ3n) is 5.29. The van der Waals surface area contributed by atoms with Crippen molar-refractivity contribution in [2.45, 2.75) is 49.6 Å². The van der Waals surface area contributed by atoms with Gasteiger partial charge in [0.15, 0.2) is 5.78 Å². The van der Waals surface area contributed by atoms with Gasteiger partial charge in [-0.15, -0.1) is 5.10 Å². The van der Waals surface area contributed by atoms with E-state index in [-0.39, 0.29) is 23.0 Å². The van der Waals surface area contributed by atoms with Gasteiger partial charge in [-0.25, -0.2) is 4.68 Å². The summed E-state index contributed by atoms with van der Waals surface area (Å²) < 4.78 is 7.23. The number of carbonyl (C=O) groups is 2. The number of rotatable bonds is 5. The normalized spacial score (nSPS) is 18.1. The highest BCUT2D eigenvalue weighted by Gasteiger charge is 2.27. The van der Waals surface area contributed by atoms with Crippen LogP contribution in [0.2, 0.25) is 0 Å². The van der Waals surface area contributed by atoms with Crippen molar-refractivity contribution in [1.82, 2.24) is 20.2 Å². The zero-order valence-corrected chi connectivity index (χ0v) is 16.8. The SMILES string of the molecule is CC(=O)N1CCc2cc(C(=O)C(C)Sc3nnnn3C3CCOCC3)ccc21. The Bertz CT molecular complexity index is 893. The van der Waals surface area contributed by atoms with Gasteiger partial charge in [0, 0.05) is 37.9 Å². The van der Waals surface area contributed by atoms with Crippen LogP contribution in [-0.4, -0.2) is 56.9 Å². The van der Waals surface area contributed by atoms with Gasteiger partial charge in [0.2, 0.25) is 11.1 Å². The summed E-state index contributed by atoms with van der Waals surface area (Å²) in [6, 6.07) is 5.81. The van der Waals surface area contributed by atoms with Gasteiger partial charge >= 0.3 is 0 Å². The number of aromatic nitrogens is 4. The molecule has 0 saturated carbocycles. The van der Waals surface area contributed by atoms with Crippen LogP contribution < -0.4 is 4.90 Å². The molecule has 1 aromatic carbocycles. The third-order valence-corrected chi connectivity index (χ3v) is 6.34. The molecule has 2 aliphatic heterocycles. The van der Waals surface area contributed by atoms with Crippen LogP contribution >= 0.6 is 11.8 Å². The van der Waals surface area contributed by atoms with Gasteiger partial charge in [-0.05, 0) is 60.4 Å². The van der Waals surface area contributed by atoms with Crippen molar-refractivity contribution in [3.63, 3.8) is 0 Å². The quantitative estimate of drug-likeness (QED) is 0.561. The molecule has 0 aliphatic carbocycles. The first-order chi connectivity index (χ1) is 13.5. The van der Waals surface area contributed by atoms with Crippen molar-refractivity contribution in [2.24, 2.45) is 0 Å². The molecule has 4 rings (SSSR count). The minimum absolute atomic E-state index is 0.0294. The lowest BCUT2D eigenvalue weighted by Gasteiger charge is -2.22. The molecule has 0 spiro atoms. The van der Waals surface area contributed by atoms with Crippen molar-refractivity contribution < 1.29 is 14.3 Å². The molecule has 9 heteroatoms. The van der Waals surface area contributed by atoms with Gasteiger partial charge in [-0.1, -0.05) is 11.8 Å². The summed E-state index contributed by atoms with van der Waals surface area (Å²) >= 11 is 1.38. The molecule has 28 heavy (non-hydrogen) atoms. The van der Waals surface area contributed by atoms with Crippen LogP contribution in [-0.2, 0) is 16.0 Å². The molecular formula is C19H23N5O3S. The van der Waals surface area contributed by atoms with E-state index in [4.69, 9.17) is 4.74 Å². The lowest BCUT2D eigenvalue weighted by Crippen LogP contribution is -2.25. The fraction of sp³-hybridized carbons (Fsp3) is 0.526. The Hall–Kier alpha value is -2.26. The van der Waals surface area contributed by atoms with Crippen molar-refractivity contribution in [1.29, 1.82) is 0 Å². The van der Waals surface area contributed by atoms with E-state index in [0.29, 0.717) is 30.5 Å². The largest absolute Gasteiger partial charge is 0.381 e. The fourth-order valence-corrected chi connectivity index (χ4v) is 4.69. The Labute approximate surface area is 167 Å². The Morgan fingerprint density at radius 1 is 1.29 bits per heavy atom. The molecule has 2 aromatic rings. The van der Waals surface area contributed by atoms with Crippen molar-refractivity contribution >= 4 is 29.1 Å². The zero-order valence-electron chi connectivity index (χ0n) is 16.0. The van der Waals surface area contributed by atoms with Gasteiger partial charge in [0.25, 0.3) is 0 Å². The number of hydrogen-bond donors (Lipinski definition) is 0. The van der Waals surface area contributed by atoms with E-state index in [1.807, 2.05) is 23.7 Å². The second-order valence-corrected chi connectivity index (χ2v) is 8.45. The number of thioether (sulfide) groups is 1. The molecule has 1 amide bonds. The first-order valence-electron chi connectivity index (χ1n) is 9.52. The van der Waals surface area contributed by atoms with E-state index >= 15 is 0 Å². The first-order valence-corrected chi connectivity index (χ1v) is 10.4. The zero-order chi connectivity index (χ0) is 19.7. The topological polar surface area (TPSA) is 90.2 Å². The molecule has 1 fully saturated rings. The number of nitrogens with zero attached hydrogens (tertiary/aromatic N) is 5. The monoisotopic (exact) mass is 401 g/mol. The molecule has 8 nitrogen and oxygen atoms in total. The van der Waals surface area contributed by atoms with Crippen LogP contribution in [0.15, 0.2) is 23.4 Å². The van der Waals surface area contributed by atoms with E-state index in [9.17, 15) is 9.59 Å². The number of tetrazole rings is 1. The summed E-state index contributed by atoms with van der Waals surface area (Å²) in [6.45, 7) is 5.53. The van der Waals surface area contributed by atoms with E-state index < -0.39 is 0 Å². The molecule has 0 radical (unpaired) electrons. The van der Waals surface area contributed by atoms with Crippen LogP contribution in [0.25, 0.3) is 0 Å². The van der Waals surface area contributed by atoms with Crippen LogP contribution in [0.5, 0.6) is 0 Å². The van der Waals surface area contributed by atoms with E-state index in [1.165, 1.54) is 11.8 Å². The molecule has 0 bridgehead atoms. The number of Topliss-reactive ketones (excluding diaryl/α,β-unsaturated/α-hetero) is 1. The summed E-state index contributed by atoms with van der Waals surface area (Å²) in [7, 11) is 0. The Balaban J connectivity index is 1.48. The van der Waals surface area contributed by atoms with Gasteiger partial charge < -0.3 is 9.64 Å². The molecular weight excluding hydrogens is 378 g/mol. The summed E-state index contributed by atoms with van der Waals surface area (Å²) in [6.07, 6.45) is 2.52. The average Bonchev–Trinajstić information content (AvgIpc) is 3.34. The van der Waals surface area contributed by atoms with Gasteiger partial charge in [0.1, 0.15) is 0 Å². The Morgan fingerprint density at radius 3 is 2.82 bits per heavy atom. The number of fused-ring (bicyclic) bond motifs is 1. The number of anilines is 1. The Morgan fingerprint density at radius 2 is 2.07 bits per heavy atom. The minimum atomic E-state index is -0.312. The van der Waals surface area contributed by atoms with Gasteiger partial charge in [-0.2, -0.15) is 0 Å². The molecule has 1 atom stereocenters. The summed E-state index contributed by atoms with van der Waals surface area (Å²) in [4.78, 5) is 26.4. The van der Waals surface area contributed by atoms with Crippen LogP contribution in [0.3, 0.4) is 0 Å². The predicted octanol–water partition coefficient (Wildman–Crippen LogP) is 2.30. The molecule has 2 aliphatic rings. The second-order valence-electron chi connectivity index (χ2n) is 7.14. The van der Waals surface area contributed by atoms with Crippen molar-refractivity contribution in [2.75, 3.05) is 24.7 Å². The molecule has 3 heterocycles. The minimum Gasteiger partial charge on any atom is -0.381 e. The van der Waals surface area contributed by atoms with E-state index in [2.05, 4.69) is 15.5 Å². The number of hydrogen-bond acceptors (Lipinski definition) is 7. The van der Waals surface area contributed by atoms with E-state index in [0.717, 1.165) is 30.5 Å². The molecule has 1 aromatic heterocycles. The molecule has 148 valence electrons. The smallest absolute Gasteiger partial charge is 0.223 e. The number of benzene rings is 1. The van der Waals surface area contributed by atoms with Crippen molar-refractivity contribution in [3.8, 4) is 0 Å². The Kier molecular flexibility index (Phi) is 5.45. The maximum atomic E-state index is 13.0. The molecule has 1 saturated heterocycles. The standard InChI is InChI=1S/C19H23N5O3S/c1-12(28-19-20-21-22-24(19)16-6-9-27-10-7-16)18(26)15-3-4-17-14(11-15)5-8-23(17)13(2)25/h3-4,11-12,16H,5-10H2,1-2H3. The van der Waals surface area contributed by atoms with Crippen LogP contribution in [0, 0.1) is 0 Å². The first kappa shape index (κ1) is 19.1. The van der Waals surface area contributed by atoms with Crippen LogP contribution in [0.1, 0.15) is 48.7 Å². The highest BCUT2D eigenvalue weighted by Crippen LogP contribution is 2.32. The highest BCUT2D eigenvalue weighted by atomic mass is 32.2. The fourth-order valence-electron chi connectivity index (χ4n) is 3.75. The van der Waals surface area contributed by atoms with Gasteiger partial charge in [-0.3, -0.25) is 9.59 Å². The average molecular weight is 401 g/mol. The molecule has 1 unspecified atom stereocenters. The third kappa shape index (κ3) is 3.68. The van der Waals surface area contributed by atoms with Gasteiger partial charge in [0.05, 0.1) is 11.3 Å². The number of amides is 1. The summed E-state index contributed by atoms with van der Waals surface area (Å²) in [5.41, 5.74) is 2.62. The maximum absolute atomic E-state index is 13.0. The number of ether oxygens (including phenoxy) is 1. The van der Waals surface area contributed by atoms with Crippen molar-refractivity contribution in [3.05, 3.63) is 29.3 Å². The van der Waals surface area contributed by atoms with Crippen LogP contribution in [0.4, 0.5) is 5.69 Å². The maximum Gasteiger partial charge on any atom is 0.223 e. The predicted molar refractivity (Wildman–Crippen MR) is 105 cm³/mol. The lowest BCUT2D eigenvalue weighted by atomic mass is 10.0.